The fraction of sp³-hybridized carbons (Fsp3) is 0.750. The van der Waals surface area contributed by atoms with E-state index in [9.17, 15) is 0 Å². The largest absolute Gasteiger partial charge is 0.377 e. The summed E-state index contributed by atoms with van der Waals surface area (Å²) in [6, 6.07) is 0. The van der Waals surface area contributed by atoms with Gasteiger partial charge in [-0.1, -0.05) is 52.0 Å². The maximum atomic E-state index is 8.15. The van der Waals surface area contributed by atoms with Gasteiger partial charge in [-0.05, 0) is 25.7 Å². The van der Waals surface area contributed by atoms with Crippen molar-refractivity contribution < 1.29 is 81.2 Å². The average molecular weight is 689 g/mol. The number of hydrogen-bond donors (Lipinski definition) is 4. The Kier molecular flexibility index (Phi) is 59.7. The summed E-state index contributed by atoms with van der Waals surface area (Å²) in [4.78, 5) is 16.1. The average Bonchev–Trinajstić information content (AvgIpc) is 3.04. The summed E-state index contributed by atoms with van der Waals surface area (Å²) < 4.78 is 20.7. The first-order valence-corrected chi connectivity index (χ1v) is 15.2. The third kappa shape index (κ3) is 47.7. The molecule has 4 atom stereocenters. The Labute approximate surface area is 287 Å². The fourth-order valence-corrected chi connectivity index (χ4v) is 2.83. The third-order valence-electron chi connectivity index (χ3n) is 5.91. The molecule has 0 aromatic heterocycles. The predicted molar refractivity (Wildman–Crippen MR) is 174 cm³/mol. The van der Waals surface area contributed by atoms with Crippen LogP contribution in [-0.2, 0) is 60.2 Å². The van der Waals surface area contributed by atoms with Gasteiger partial charge in [-0.2, -0.15) is 0 Å². The number of ether oxygens (including phenoxy) is 4. The molecule has 0 aliphatic rings. The van der Waals surface area contributed by atoms with E-state index in [1.807, 2.05) is 27.7 Å². The van der Waals surface area contributed by atoms with Gasteiger partial charge in [0.25, 0.3) is 0 Å². The minimum Gasteiger partial charge on any atom is -0.377 e. The molecule has 0 aliphatic heterocycles. The smallest absolute Gasteiger partial charge is 0.0869 e. The SMILES string of the molecule is C=CCOCC(CC)COO.C=CCOCC(CC)COO.C=CCOCC(CC)COO.C=CCOCC(CC)COO.[Ti]. The predicted octanol–water partition coefficient (Wildman–Crippen LogP) is 6.82. The van der Waals surface area contributed by atoms with Crippen LogP contribution in [0, 0.1) is 23.7 Å². The van der Waals surface area contributed by atoms with Crippen molar-refractivity contribution in [2.24, 2.45) is 23.7 Å². The van der Waals surface area contributed by atoms with E-state index in [1.165, 1.54) is 0 Å². The molecular formula is C32H64O12Ti. The van der Waals surface area contributed by atoms with Gasteiger partial charge in [-0.15, -0.1) is 26.3 Å². The molecule has 0 saturated carbocycles. The topological polar surface area (TPSA) is 155 Å². The summed E-state index contributed by atoms with van der Waals surface area (Å²) in [6.45, 7) is 28.3. The fourth-order valence-electron chi connectivity index (χ4n) is 2.83. The Balaban J connectivity index is -0.000000157. The standard InChI is InChI=1S/4C8H16O3.Ti/c4*1-3-5-10-6-8(4-2)7-11-9;/h4*3,8-9H,1,4-7H2,2H3;. The minimum atomic E-state index is 0. The van der Waals surface area contributed by atoms with Crippen molar-refractivity contribution in [1.29, 1.82) is 0 Å². The zero-order valence-electron chi connectivity index (χ0n) is 28.3. The van der Waals surface area contributed by atoms with E-state index in [-0.39, 0.29) is 45.4 Å². The van der Waals surface area contributed by atoms with Crippen molar-refractivity contribution in [3.8, 4) is 0 Å². The normalized spacial score (nSPS) is 12.6. The second-order valence-corrected chi connectivity index (χ2v) is 9.58. The van der Waals surface area contributed by atoms with Crippen LogP contribution in [0.1, 0.15) is 53.4 Å². The first-order chi connectivity index (χ1) is 21.4. The molecule has 45 heavy (non-hydrogen) atoms. The van der Waals surface area contributed by atoms with Crippen LogP contribution >= 0.6 is 0 Å². The van der Waals surface area contributed by atoms with E-state index >= 15 is 0 Å². The van der Waals surface area contributed by atoms with Gasteiger partial charge >= 0.3 is 0 Å². The van der Waals surface area contributed by atoms with E-state index < -0.39 is 0 Å². The van der Waals surface area contributed by atoms with Gasteiger partial charge < -0.3 is 18.9 Å². The molecule has 4 unspecified atom stereocenters. The molecule has 12 nitrogen and oxygen atoms in total. The van der Waals surface area contributed by atoms with Crippen LogP contribution < -0.4 is 0 Å². The van der Waals surface area contributed by atoms with Crippen LogP contribution in [0.25, 0.3) is 0 Å². The van der Waals surface area contributed by atoms with Gasteiger partial charge in [0.15, 0.2) is 0 Å². The third-order valence-corrected chi connectivity index (χ3v) is 5.91. The summed E-state index contributed by atoms with van der Waals surface area (Å²) in [6.07, 6.45) is 10.6. The Bertz CT molecular complexity index is 476. The van der Waals surface area contributed by atoms with Crippen molar-refractivity contribution in [2.45, 2.75) is 53.4 Å². The van der Waals surface area contributed by atoms with Gasteiger partial charge in [-0.3, -0.25) is 21.0 Å². The maximum absolute atomic E-state index is 8.15. The van der Waals surface area contributed by atoms with Crippen LogP contribution in [0.2, 0.25) is 0 Å². The summed E-state index contributed by atoms with van der Waals surface area (Å²) in [7, 11) is 0. The van der Waals surface area contributed by atoms with Crippen molar-refractivity contribution in [1.82, 2.24) is 0 Å². The molecule has 0 amide bonds. The van der Waals surface area contributed by atoms with Crippen LogP contribution in [0.15, 0.2) is 50.6 Å². The van der Waals surface area contributed by atoms with Gasteiger partial charge in [0, 0.05) is 45.4 Å². The zero-order chi connectivity index (χ0) is 34.1. The molecule has 13 heteroatoms. The molecule has 0 saturated heterocycles. The first-order valence-electron chi connectivity index (χ1n) is 15.2. The van der Waals surface area contributed by atoms with E-state index in [0.717, 1.165) is 25.7 Å². The second-order valence-electron chi connectivity index (χ2n) is 9.58. The Morgan fingerprint density at radius 1 is 0.400 bits per heavy atom. The first kappa shape index (κ1) is 53.7. The minimum absolute atomic E-state index is 0. The van der Waals surface area contributed by atoms with E-state index in [0.29, 0.717) is 79.3 Å². The number of hydrogen-bond acceptors (Lipinski definition) is 12. The molecule has 0 heterocycles. The molecule has 0 rings (SSSR count). The van der Waals surface area contributed by atoms with Crippen molar-refractivity contribution in [2.75, 3.05) is 79.3 Å². The molecule has 4 N–H and O–H groups in total. The zero-order valence-corrected chi connectivity index (χ0v) is 29.9. The van der Waals surface area contributed by atoms with Crippen molar-refractivity contribution >= 4 is 0 Å². The molecule has 0 aromatic rings. The summed E-state index contributed by atoms with van der Waals surface area (Å²) in [5, 5.41) is 32.6. The summed E-state index contributed by atoms with van der Waals surface area (Å²) in [5.41, 5.74) is 0. The van der Waals surface area contributed by atoms with Gasteiger partial charge in [-0.25, -0.2) is 19.6 Å². The molecular weight excluding hydrogens is 624 g/mol. The van der Waals surface area contributed by atoms with E-state index in [2.05, 4.69) is 45.9 Å². The summed E-state index contributed by atoms with van der Waals surface area (Å²) in [5.74, 6) is 1.11. The molecule has 0 radical (unpaired) electrons. The van der Waals surface area contributed by atoms with E-state index in [4.69, 9.17) is 40.0 Å². The second kappa shape index (κ2) is 50.1. The molecule has 0 aliphatic carbocycles. The Hall–Kier alpha value is -0.806. The van der Waals surface area contributed by atoms with Crippen LogP contribution in [0.3, 0.4) is 0 Å². The monoisotopic (exact) mass is 688 g/mol. The van der Waals surface area contributed by atoms with Crippen LogP contribution in [0.4, 0.5) is 0 Å². The molecule has 0 bridgehead atoms. The van der Waals surface area contributed by atoms with Gasteiger partial charge in [0.05, 0.1) is 79.3 Å². The molecule has 0 aromatic carbocycles. The van der Waals surface area contributed by atoms with Crippen LogP contribution in [0.5, 0.6) is 0 Å². The molecule has 0 fully saturated rings. The Morgan fingerprint density at radius 2 is 0.578 bits per heavy atom. The van der Waals surface area contributed by atoms with Crippen molar-refractivity contribution in [3.63, 3.8) is 0 Å². The maximum Gasteiger partial charge on any atom is 0.0869 e. The van der Waals surface area contributed by atoms with Gasteiger partial charge in [0.1, 0.15) is 0 Å². The van der Waals surface area contributed by atoms with E-state index in [1.54, 1.807) is 24.3 Å². The molecule has 0 spiro atoms. The quantitative estimate of drug-likeness (QED) is 0.0224. The number of rotatable bonds is 28. The Morgan fingerprint density at radius 3 is 0.689 bits per heavy atom. The van der Waals surface area contributed by atoms with Crippen molar-refractivity contribution in [3.05, 3.63) is 50.6 Å². The van der Waals surface area contributed by atoms with Crippen LogP contribution in [-0.4, -0.2) is 100 Å². The summed E-state index contributed by atoms with van der Waals surface area (Å²) >= 11 is 0. The molecule has 268 valence electrons. The van der Waals surface area contributed by atoms with Gasteiger partial charge in [0.2, 0.25) is 0 Å².